The molecule has 1 N–H and O–H groups in total. The highest BCUT2D eigenvalue weighted by Crippen LogP contribution is 2.28. The Hall–Kier alpha value is -4.34. The highest BCUT2D eigenvalue weighted by molar-refractivity contribution is 5.97. The van der Waals surface area contributed by atoms with Crippen molar-refractivity contribution in [1.82, 2.24) is 14.9 Å². The van der Waals surface area contributed by atoms with E-state index >= 15 is 0 Å². The van der Waals surface area contributed by atoms with Gasteiger partial charge in [-0.3, -0.25) is 4.79 Å². The van der Waals surface area contributed by atoms with Gasteiger partial charge in [-0.1, -0.05) is 12.1 Å². The van der Waals surface area contributed by atoms with Crippen LogP contribution in [-0.4, -0.2) is 44.8 Å². The van der Waals surface area contributed by atoms with Crippen LogP contribution in [0.3, 0.4) is 0 Å². The summed E-state index contributed by atoms with van der Waals surface area (Å²) in [6.45, 7) is 0.245. The number of carboxylic acids is 1. The van der Waals surface area contributed by atoms with Crippen LogP contribution in [-0.2, 0) is 17.8 Å². The van der Waals surface area contributed by atoms with Crippen molar-refractivity contribution in [2.75, 3.05) is 7.05 Å². The van der Waals surface area contributed by atoms with Gasteiger partial charge in [-0.15, -0.1) is 0 Å². The molecule has 196 valence electrons. The molecule has 0 aliphatic rings. The summed E-state index contributed by atoms with van der Waals surface area (Å²) in [7, 11) is 1.60. The zero-order valence-corrected chi connectivity index (χ0v) is 20.3. The second kappa shape index (κ2) is 11.0. The van der Waals surface area contributed by atoms with Gasteiger partial charge >= 0.3 is 11.9 Å². The first-order valence-corrected chi connectivity index (χ1v) is 11.7. The summed E-state index contributed by atoms with van der Waals surface area (Å²) in [5, 5.41) is 8.70. The van der Waals surface area contributed by atoms with E-state index in [0.29, 0.717) is 33.5 Å². The largest absolute Gasteiger partial charge is 0.477 e. The highest BCUT2D eigenvalue weighted by Gasteiger charge is 2.37. The molecule has 38 heavy (non-hydrogen) atoms. The normalized spacial score (nSPS) is 11.5. The second-order valence-corrected chi connectivity index (χ2v) is 8.88. The van der Waals surface area contributed by atoms with Crippen molar-refractivity contribution >= 4 is 22.9 Å². The summed E-state index contributed by atoms with van der Waals surface area (Å²) in [5.41, 5.74) is 3.01. The Kier molecular flexibility index (Phi) is 7.70. The average molecular weight is 526 g/mol. The lowest BCUT2D eigenvalue weighted by molar-refractivity contribution is -0.165. The fraction of sp³-hybridized carbons (Fsp3) is 0.214. The molecule has 0 fully saturated rings. The Morgan fingerprint density at radius 2 is 1.53 bits per heavy atom. The fourth-order valence-corrected chi connectivity index (χ4v) is 3.98. The quantitative estimate of drug-likeness (QED) is 0.276. The second-order valence-electron chi connectivity index (χ2n) is 8.88. The van der Waals surface area contributed by atoms with E-state index in [-0.39, 0.29) is 31.1 Å². The van der Waals surface area contributed by atoms with Crippen molar-refractivity contribution < 1.29 is 32.3 Å². The molecule has 0 bridgehead atoms. The Labute approximate surface area is 215 Å². The number of aryl methyl sites for hydroxylation is 1. The highest BCUT2D eigenvalue weighted by atomic mass is 19.3. The van der Waals surface area contributed by atoms with Crippen LogP contribution in [0.2, 0.25) is 0 Å². The summed E-state index contributed by atoms with van der Waals surface area (Å²) in [6.07, 6.45) is -1.09. The number of fused-ring (bicyclic) bond motifs is 1. The van der Waals surface area contributed by atoms with Gasteiger partial charge in [-0.2, -0.15) is 8.78 Å². The number of benzene rings is 3. The number of nitrogens with zero attached hydrogens (tertiary/aromatic N) is 3. The monoisotopic (exact) mass is 525 g/mol. The van der Waals surface area contributed by atoms with E-state index in [1.807, 2.05) is 0 Å². The van der Waals surface area contributed by atoms with Crippen LogP contribution in [0.15, 0.2) is 66.7 Å². The van der Waals surface area contributed by atoms with E-state index in [1.165, 1.54) is 47.4 Å². The minimum atomic E-state index is -3.88. The minimum Gasteiger partial charge on any atom is -0.477 e. The number of alkyl halides is 2. The molecule has 0 spiro atoms. The third-order valence-electron chi connectivity index (χ3n) is 6.00. The zero-order chi connectivity index (χ0) is 27.4. The Morgan fingerprint density at radius 3 is 2.16 bits per heavy atom. The van der Waals surface area contributed by atoms with Crippen LogP contribution >= 0.6 is 0 Å². The zero-order valence-electron chi connectivity index (χ0n) is 20.3. The number of aliphatic carboxylic acids is 1. The predicted molar refractivity (Wildman–Crippen MR) is 133 cm³/mol. The molecule has 6 nitrogen and oxygen atoms in total. The van der Waals surface area contributed by atoms with Crippen molar-refractivity contribution in [3.05, 3.63) is 95.2 Å². The van der Waals surface area contributed by atoms with E-state index in [2.05, 4.69) is 9.97 Å². The van der Waals surface area contributed by atoms with Gasteiger partial charge in [-0.05, 0) is 73.0 Å². The Balaban J connectivity index is 1.65. The number of rotatable bonds is 9. The number of aromatic nitrogens is 2. The molecule has 1 aromatic heterocycles. The molecule has 4 rings (SSSR count). The first-order valence-electron chi connectivity index (χ1n) is 11.7. The van der Waals surface area contributed by atoms with Crippen molar-refractivity contribution in [3.63, 3.8) is 0 Å². The average Bonchev–Trinajstić information content (AvgIpc) is 2.89. The molecule has 0 aliphatic heterocycles. The van der Waals surface area contributed by atoms with Gasteiger partial charge in [0.2, 0.25) is 0 Å². The Morgan fingerprint density at radius 1 is 0.895 bits per heavy atom. The summed E-state index contributed by atoms with van der Waals surface area (Å²) < 4.78 is 53.9. The molecule has 10 heteroatoms. The number of carbonyl (C=O) groups excluding carboxylic acids is 1. The summed E-state index contributed by atoms with van der Waals surface area (Å²) in [5.74, 6) is -7.23. The SMILES string of the molecule is CN(Cc1ccc(F)cc1)C(=O)c1ccc2nc(-c3ccc(F)cc3)c(CCCC(F)(F)C(=O)O)nc2c1. The van der Waals surface area contributed by atoms with Gasteiger partial charge in [0, 0.05) is 31.1 Å². The van der Waals surface area contributed by atoms with Crippen molar-refractivity contribution in [2.45, 2.75) is 31.7 Å². The standard InChI is InChI=1S/C28H23F4N3O3/c1-35(16-17-4-9-20(29)10-5-17)26(36)19-8-13-22-24(15-19)33-23(3-2-14-28(31,32)27(37)38)25(34-22)18-6-11-21(30)12-7-18/h4-13,15H,2-3,14,16H2,1H3,(H,37,38). The molecule has 1 amide bonds. The maximum absolute atomic E-state index is 13.6. The molecule has 0 atom stereocenters. The van der Waals surface area contributed by atoms with Crippen molar-refractivity contribution in [3.8, 4) is 11.3 Å². The molecule has 4 aromatic rings. The third-order valence-corrected chi connectivity index (χ3v) is 6.00. The van der Waals surface area contributed by atoms with E-state index in [1.54, 1.807) is 31.3 Å². The smallest absolute Gasteiger partial charge is 0.374 e. The maximum atomic E-state index is 13.6. The van der Waals surface area contributed by atoms with Gasteiger partial charge in [-0.25, -0.2) is 23.5 Å². The molecule has 3 aromatic carbocycles. The van der Waals surface area contributed by atoms with Gasteiger partial charge in [0.1, 0.15) is 11.6 Å². The van der Waals surface area contributed by atoms with Crippen LogP contribution in [0.25, 0.3) is 22.3 Å². The lowest BCUT2D eigenvalue weighted by atomic mass is 10.0. The van der Waals surface area contributed by atoms with Gasteiger partial charge < -0.3 is 10.0 Å². The summed E-state index contributed by atoms with van der Waals surface area (Å²) in [6, 6.07) is 16.0. The molecule has 0 aliphatic carbocycles. The van der Waals surface area contributed by atoms with E-state index in [4.69, 9.17) is 5.11 Å². The lowest BCUT2D eigenvalue weighted by Gasteiger charge is -2.18. The van der Waals surface area contributed by atoms with Crippen LogP contribution in [0.1, 0.15) is 34.5 Å². The lowest BCUT2D eigenvalue weighted by Crippen LogP contribution is -2.28. The first kappa shape index (κ1) is 26.7. The molecule has 0 unspecified atom stereocenters. The van der Waals surface area contributed by atoms with Crippen LogP contribution in [0.5, 0.6) is 0 Å². The fourth-order valence-electron chi connectivity index (χ4n) is 3.98. The topological polar surface area (TPSA) is 83.4 Å². The van der Waals surface area contributed by atoms with Gasteiger partial charge in [0.25, 0.3) is 5.91 Å². The number of hydrogen-bond acceptors (Lipinski definition) is 4. The van der Waals surface area contributed by atoms with Gasteiger partial charge in [0.15, 0.2) is 0 Å². The number of amides is 1. The molecule has 0 saturated heterocycles. The van der Waals surface area contributed by atoms with Crippen molar-refractivity contribution in [1.29, 1.82) is 0 Å². The molecular weight excluding hydrogens is 502 g/mol. The molecule has 0 saturated carbocycles. The third kappa shape index (κ3) is 6.13. The van der Waals surface area contributed by atoms with E-state index in [0.717, 1.165) is 5.56 Å². The summed E-state index contributed by atoms with van der Waals surface area (Å²) in [4.78, 5) is 34.5. The predicted octanol–water partition coefficient (Wildman–Crippen LogP) is 5.89. The number of carboxylic acid groups (broad SMARTS) is 1. The van der Waals surface area contributed by atoms with E-state index < -0.39 is 24.1 Å². The summed E-state index contributed by atoms with van der Waals surface area (Å²) >= 11 is 0. The molecular formula is C28H23F4N3O3. The van der Waals surface area contributed by atoms with E-state index in [9.17, 15) is 27.2 Å². The van der Waals surface area contributed by atoms with Crippen LogP contribution < -0.4 is 0 Å². The molecule has 0 radical (unpaired) electrons. The van der Waals surface area contributed by atoms with Gasteiger partial charge in [0.05, 0.1) is 22.4 Å². The van der Waals surface area contributed by atoms with Crippen LogP contribution in [0, 0.1) is 11.6 Å². The Bertz CT molecular complexity index is 1480. The number of hydrogen-bond donors (Lipinski definition) is 1. The number of carbonyl (C=O) groups is 2. The maximum Gasteiger partial charge on any atom is 0.374 e. The number of halogens is 4. The molecule has 1 heterocycles. The first-order chi connectivity index (χ1) is 18.0. The van der Waals surface area contributed by atoms with Crippen LogP contribution in [0.4, 0.5) is 17.6 Å². The minimum absolute atomic E-state index is 0.0127. The van der Waals surface area contributed by atoms with Crippen molar-refractivity contribution in [2.24, 2.45) is 0 Å².